The second kappa shape index (κ2) is 4.19. The van der Waals surface area contributed by atoms with Gasteiger partial charge in [0, 0.05) is 5.56 Å². The van der Waals surface area contributed by atoms with Crippen LogP contribution in [0.4, 0.5) is 0 Å². The molecule has 0 aromatic heterocycles. The number of hydrogen-bond donors (Lipinski definition) is 0. The first-order chi connectivity index (χ1) is 10.3. The van der Waals surface area contributed by atoms with E-state index in [1.807, 2.05) is 12.1 Å². The lowest BCUT2D eigenvalue weighted by atomic mass is 9.53. The highest BCUT2D eigenvalue weighted by Gasteiger charge is 2.46. The van der Waals surface area contributed by atoms with Gasteiger partial charge in [0.25, 0.3) is 0 Å². The summed E-state index contributed by atoms with van der Waals surface area (Å²) in [7, 11) is 0. The molecule has 4 saturated carbocycles. The second-order valence-electron chi connectivity index (χ2n) is 7.42. The molecule has 106 valence electrons. The molecule has 1 heteroatoms. The van der Waals surface area contributed by atoms with Crippen molar-refractivity contribution in [1.82, 2.24) is 0 Å². The van der Waals surface area contributed by atoms with Crippen LogP contribution >= 0.6 is 0 Å². The molecule has 1 nitrogen and oxygen atoms in total. The summed E-state index contributed by atoms with van der Waals surface area (Å²) in [5.41, 5.74) is 5.17. The van der Waals surface area contributed by atoms with Crippen LogP contribution < -0.4 is 0 Å². The van der Waals surface area contributed by atoms with Crippen LogP contribution in [0.1, 0.15) is 48.0 Å². The van der Waals surface area contributed by atoms with Gasteiger partial charge in [-0.05, 0) is 73.0 Å². The van der Waals surface area contributed by atoms with Crippen molar-refractivity contribution in [2.75, 3.05) is 0 Å². The minimum absolute atomic E-state index is 0.166. The molecular formula is C20H20O. The van der Waals surface area contributed by atoms with Crippen molar-refractivity contribution in [1.29, 1.82) is 0 Å². The molecule has 0 amide bonds. The number of ketones is 1. The molecule has 5 aliphatic rings. The summed E-state index contributed by atoms with van der Waals surface area (Å²) >= 11 is 0. The van der Waals surface area contributed by atoms with Gasteiger partial charge in [-0.3, -0.25) is 4.79 Å². The van der Waals surface area contributed by atoms with Crippen LogP contribution in [0.2, 0.25) is 0 Å². The topological polar surface area (TPSA) is 17.1 Å². The summed E-state index contributed by atoms with van der Waals surface area (Å²) in [6.07, 6.45) is 11.0. The monoisotopic (exact) mass is 276 g/mol. The van der Waals surface area contributed by atoms with Crippen LogP contribution in [0.3, 0.4) is 0 Å². The van der Waals surface area contributed by atoms with Gasteiger partial charge in [0.15, 0.2) is 5.78 Å². The fraction of sp³-hybridized carbons (Fsp3) is 0.450. The molecule has 0 radical (unpaired) electrons. The van der Waals surface area contributed by atoms with Crippen molar-refractivity contribution < 1.29 is 4.79 Å². The van der Waals surface area contributed by atoms with Crippen LogP contribution in [0, 0.1) is 23.7 Å². The van der Waals surface area contributed by atoms with Crippen LogP contribution in [0.25, 0.3) is 5.57 Å². The van der Waals surface area contributed by atoms with E-state index in [-0.39, 0.29) is 5.78 Å². The van der Waals surface area contributed by atoms with Gasteiger partial charge in [-0.2, -0.15) is 0 Å². The maximum Gasteiger partial charge on any atom is 0.186 e. The number of fused-ring (bicyclic) bond motifs is 1. The van der Waals surface area contributed by atoms with E-state index in [9.17, 15) is 4.79 Å². The van der Waals surface area contributed by atoms with Gasteiger partial charge in [0.2, 0.25) is 0 Å². The maximum atomic E-state index is 12.1. The van der Waals surface area contributed by atoms with Gasteiger partial charge >= 0.3 is 0 Å². The van der Waals surface area contributed by atoms with E-state index in [2.05, 4.69) is 18.2 Å². The Morgan fingerprint density at radius 1 is 0.762 bits per heavy atom. The van der Waals surface area contributed by atoms with Crippen molar-refractivity contribution in [2.45, 2.75) is 32.1 Å². The van der Waals surface area contributed by atoms with E-state index in [0.29, 0.717) is 0 Å². The predicted molar refractivity (Wildman–Crippen MR) is 83.9 cm³/mol. The minimum Gasteiger partial charge on any atom is -0.289 e. The highest BCUT2D eigenvalue weighted by atomic mass is 16.1. The zero-order chi connectivity index (χ0) is 14.0. The Hall–Kier alpha value is -1.63. The lowest BCUT2D eigenvalue weighted by Crippen LogP contribution is -2.40. The largest absolute Gasteiger partial charge is 0.289 e. The number of carbonyl (C=O) groups is 1. The van der Waals surface area contributed by atoms with E-state index in [0.717, 1.165) is 29.2 Å². The van der Waals surface area contributed by atoms with E-state index in [1.54, 1.807) is 11.6 Å². The average Bonchev–Trinajstić information content (AvgIpc) is 2.48. The quantitative estimate of drug-likeness (QED) is 0.674. The molecule has 0 spiro atoms. The number of carbonyl (C=O) groups excluding carboxylic acids is 1. The van der Waals surface area contributed by atoms with E-state index < -0.39 is 0 Å². The minimum atomic E-state index is 0.166. The number of hydrogen-bond acceptors (Lipinski definition) is 1. The fourth-order valence-corrected chi connectivity index (χ4v) is 5.65. The number of benzene rings is 1. The van der Waals surface area contributed by atoms with Crippen molar-refractivity contribution in [3.8, 4) is 0 Å². The zero-order valence-electron chi connectivity index (χ0n) is 12.2. The van der Waals surface area contributed by atoms with Crippen LogP contribution in [-0.4, -0.2) is 5.78 Å². The van der Waals surface area contributed by atoms with E-state index >= 15 is 0 Å². The van der Waals surface area contributed by atoms with Gasteiger partial charge in [-0.1, -0.05) is 35.9 Å². The molecule has 4 bridgehead atoms. The van der Waals surface area contributed by atoms with Crippen molar-refractivity contribution in [3.05, 3.63) is 53.1 Å². The smallest absolute Gasteiger partial charge is 0.186 e. The summed E-state index contributed by atoms with van der Waals surface area (Å²) in [6.45, 7) is 0. The highest BCUT2D eigenvalue weighted by Crippen LogP contribution is 2.58. The Bertz CT molecular complexity index is 662. The molecule has 0 N–H and O–H groups in total. The number of allylic oxidation sites excluding steroid dienone is 4. The summed E-state index contributed by atoms with van der Waals surface area (Å²) < 4.78 is 0. The summed E-state index contributed by atoms with van der Waals surface area (Å²) in [5, 5.41) is 0. The Labute approximate surface area is 125 Å². The fourth-order valence-electron chi connectivity index (χ4n) is 5.65. The molecule has 21 heavy (non-hydrogen) atoms. The Balaban J connectivity index is 1.70. The molecule has 0 saturated heterocycles. The zero-order valence-corrected chi connectivity index (χ0v) is 12.2. The maximum absolute atomic E-state index is 12.1. The molecule has 0 atom stereocenters. The van der Waals surface area contributed by atoms with E-state index in [1.165, 1.54) is 43.2 Å². The van der Waals surface area contributed by atoms with Gasteiger partial charge < -0.3 is 0 Å². The standard InChI is InChI=1S/C20H20O/c21-19-6-5-18(16-3-1-2-4-17(16)19)20-14-8-12-7-13(10-14)11-15(20)9-12/h1-6,12-15H,7-11H2. The highest BCUT2D eigenvalue weighted by molar-refractivity contribution is 6.12. The third-order valence-electron chi connectivity index (χ3n) is 6.21. The van der Waals surface area contributed by atoms with Gasteiger partial charge in [0.1, 0.15) is 0 Å². The van der Waals surface area contributed by atoms with Crippen LogP contribution in [0.5, 0.6) is 0 Å². The Kier molecular flexibility index (Phi) is 2.39. The molecule has 1 aromatic carbocycles. The summed E-state index contributed by atoms with van der Waals surface area (Å²) in [5.74, 6) is 3.73. The molecular weight excluding hydrogens is 256 g/mol. The van der Waals surface area contributed by atoms with Crippen LogP contribution in [-0.2, 0) is 0 Å². The van der Waals surface area contributed by atoms with Crippen LogP contribution in [0.15, 0.2) is 42.0 Å². The predicted octanol–water partition coefficient (Wildman–Crippen LogP) is 4.65. The Morgan fingerprint density at radius 3 is 2.05 bits per heavy atom. The van der Waals surface area contributed by atoms with E-state index in [4.69, 9.17) is 0 Å². The SMILES string of the molecule is O=C1C=CC(=C2C3CC4CC(C3)CC2C4)c2ccccc21. The van der Waals surface area contributed by atoms with Gasteiger partial charge in [0.05, 0.1) is 0 Å². The molecule has 0 unspecified atom stereocenters. The third kappa shape index (κ3) is 1.67. The summed E-state index contributed by atoms with van der Waals surface area (Å²) in [6, 6.07) is 8.18. The van der Waals surface area contributed by atoms with Gasteiger partial charge in [-0.15, -0.1) is 0 Å². The molecule has 0 heterocycles. The normalized spacial score (nSPS) is 36.3. The molecule has 1 aromatic rings. The molecule has 6 rings (SSSR count). The Morgan fingerprint density at radius 2 is 1.38 bits per heavy atom. The van der Waals surface area contributed by atoms with Crippen molar-refractivity contribution in [3.63, 3.8) is 0 Å². The van der Waals surface area contributed by atoms with Crippen molar-refractivity contribution >= 4 is 11.4 Å². The molecule has 5 aliphatic carbocycles. The number of rotatable bonds is 0. The lowest BCUT2D eigenvalue weighted by Gasteiger charge is -2.52. The first kappa shape index (κ1) is 12.0. The first-order valence-electron chi connectivity index (χ1n) is 8.35. The average molecular weight is 276 g/mol. The second-order valence-corrected chi connectivity index (χ2v) is 7.42. The summed E-state index contributed by atoms with van der Waals surface area (Å²) in [4.78, 5) is 12.1. The third-order valence-corrected chi connectivity index (χ3v) is 6.21. The van der Waals surface area contributed by atoms with Gasteiger partial charge in [-0.25, -0.2) is 0 Å². The van der Waals surface area contributed by atoms with Crippen molar-refractivity contribution in [2.24, 2.45) is 23.7 Å². The molecule has 4 fully saturated rings. The first-order valence-corrected chi connectivity index (χ1v) is 8.35. The lowest BCUT2D eigenvalue weighted by molar-refractivity contribution is 0.0705. The molecule has 0 aliphatic heterocycles.